The normalized spacial score (nSPS) is 11.0. The third-order valence-electron chi connectivity index (χ3n) is 4.12. The minimum absolute atomic E-state index is 0.790. The summed E-state index contributed by atoms with van der Waals surface area (Å²) >= 11 is 0. The van der Waals surface area contributed by atoms with Gasteiger partial charge in [-0.2, -0.15) is 0 Å². The molecular weight excluding hydrogens is 298 g/mol. The van der Waals surface area contributed by atoms with E-state index in [1.807, 2.05) is 12.1 Å². The Bertz CT molecular complexity index is 722. The van der Waals surface area contributed by atoms with Crippen molar-refractivity contribution in [3.05, 3.63) is 66.6 Å². The van der Waals surface area contributed by atoms with Crippen molar-refractivity contribution in [3.8, 4) is 5.75 Å². The molecule has 0 saturated carbocycles. The average molecular weight is 323 g/mol. The van der Waals surface area contributed by atoms with Crippen LogP contribution in [0.15, 0.2) is 65.3 Å². The quantitative estimate of drug-likeness (QED) is 0.523. The highest BCUT2D eigenvalue weighted by molar-refractivity contribution is 5.83. The van der Waals surface area contributed by atoms with E-state index in [2.05, 4.69) is 47.8 Å². The van der Waals surface area contributed by atoms with Crippen LogP contribution in [0.1, 0.15) is 31.4 Å². The van der Waals surface area contributed by atoms with Gasteiger partial charge in [-0.1, -0.05) is 43.2 Å². The maximum atomic E-state index is 5.86. The van der Waals surface area contributed by atoms with Crippen molar-refractivity contribution in [1.82, 2.24) is 5.32 Å². The number of rotatable bonds is 10. The molecule has 0 saturated heterocycles. The monoisotopic (exact) mass is 323 g/mol. The maximum Gasteiger partial charge on any atom is 0.119 e. The van der Waals surface area contributed by atoms with Gasteiger partial charge < -0.3 is 14.5 Å². The zero-order valence-electron chi connectivity index (χ0n) is 14.0. The lowest BCUT2D eigenvalue weighted by molar-refractivity contribution is 0.305. The second kappa shape index (κ2) is 9.14. The molecule has 3 aromatic rings. The van der Waals surface area contributed by atoms with Crippen molar-refractivity contribution in [2.24, 2.45) is 0 Å². The van der Waals surface area contributed by atoms with Crippen LogP contribution < -0.4 is 10.1 Å². The maximum absolute atomic E-state index is 5.86. The molecule has 126 valence electrons. The van der Waals surface area contributed by atoms with Crippen LogP contribution >= 0.6 is 0 Å². The highest BCUT2D eigenvalue weighted by Gasteiger charge is 1.98. The molecule has 0 aliphatic carbocycles. The van der Waals surface area contributed by atoms with E-state index in [1.165, 1.54) is 30.0 Å². The molecule has 1 aromatic heterocycles. The number of unbranched alkanes of at least 4 members (excludes halogenated alkanes) is 3. The molecule has 3 nitrogen and oxygen atoms in total. The second-order valence-electron chi connectivity index (χ2n) is 6.03. The molecule has 0 amide bonds. The van der Waals surface area contributed by atoms with Gasteiger partial charge in [0.2, 0.25) is 0 Å². The first kappa shape index (κ1) is 16.6. The predicted octanol–water partition coefficient (Wildman–Crippen LogP) is 5.16. The Morgan fingerprint density at radius 1 is 0.833 bits per heavy atom. The van der Waals surface area contributed by atoms with E-state index in [-0.39, 0.29) is 0 Å². The van der Waals surface area contributed by atoms with Crippen LogP contribution in [-0.2, 0) is 6.54 Å². The Morgan fingerprint density at radius 2 is 1.71 bits per heavy atom. The van der Waals surface area contributed by atoms with E-state index >= 15 is 0 Å². The van der Waals surface area contributed by atoms with Crippen LogP contribution in [0.25, 0.3) is 10.8 Å². The Morgan fingerprint density at radius 3 is 2.58 bits per heavy atom. The van der Waals surface area contributed by atoms with E-state index in [9.17, 15) is 0 Å². The molecule has 2 aromatic carbocycles. The number of furan rings is 1. The van der Waals surface area contributed by atoms with Crippen molar-refractivity contribution in [2.45, 2.75) is 32.2 Å². The number of ether oxygens (including phenoxy) is 1. The van der Waals surface area contributed by atoms with Crippen molar-refractivity contribution in [1.29, 1.82) is 0 Å². The summed E-state index contributed by atoms with van der Waals surface area (Å²) in [6, 6.07) is 18.6. The lowest BCUT2D eigenvalue weighted by atomic mass is 10.1. The smallest absolute Gasteiger partial charge is 0.119 e. The zero-order chi connectivity index (χ0) is 16.5. The van der Waals surface area contributed by atoms with Crippen molar-refractivity contribution >= 4 is 10.8 Å². The minimum Gasteiger partial charge on any atom is -0.494 e. The third-order valence-corrected chi connectivity index (χ3v) is 4.12. The topological polar surface area (TPSA) is 34.4 Å². The highest BCUT2D eigenvalue weighted by atomic mass is 16.5. The largest absolute Gasteiger partial charge is 0.494 e. The first-order valence-corrected chi connectivity index (χ1v) is 8.76. The van der Waals surface area contributed by atoms with Crippen LogP contribution in [-0.4, -0.2) is 13.2 Å². The van der Waals surface area contributed by atoms with Crippen molar-refractivity contribution in [3.63, 3.8) is 0 Å². The summed E-state index contributed by atoms with van der Waals surface area (Å²) in [4.78, 5) is 0. The first-order valence-electron chi connectivity index (χ1n) is 8.76. The van der Waals surface area contributed by atoms with Crippen molar-refractivity contribution < 1.29 is 9.15 Å². The van der Waals surface area contributed by atoms with Gasteiger partial charge in [-0.15, -0.1) is 0 Å². The van der Waals surface area contributed by atoms with Crippen molar-refractivity contribution in [2.75, 3.05) is 13.2 Å². The highest BCUT2D eigenvalue weighted by Crippen LogP contribution is 2.20. The summed E-state index contributed by atoms with van der Waals surface area (Å²) in [7, 11) is 0. The molecule has 1 N–H and O–H groups in total. The molecule has 3 rings (SSSR count). The third kappa shape index (κ3) is 5.14. The average Bonchev–Trinajstić information content (AvgIpc) is 3.13. The minimum atomic E-state index is 0.790. The molecule has 0 aliphatic heterocycles. The van der Waals surface area contributed by atoms with Gasteiger partial charge in [0.1, 0.15) is 11.5 Å². The number of benzene rings is 2. The number of hydrogen-bond donors (Lipinski definition) is 1. The number of hydrogen-bond acceptors (Lipinski definition) is 3. The van der Waals surface area contributed by atoms with Crippen LogP contribution in [0.4, 0.5) is 0 Å². The standard InChI is InChI=1S/C21H25NO2/c1(5-13-22-17-21-10-7-15-24-21)2-6-14-23-20-12-11-18-8-3-4-9-19(18)16-20/h3-4,7-12,15-16,22H,1-2,5-6,13-14,17H2. The lowest BCUT2D eigenvalue weighted by Crippen LogP contribution is -2.14. The Kier molecular flexibility index (Phi) is 6.32. The van der Waals surface area contributed by atoms with Gasteiger partial charge >= 0.3 is 0 Å². The second-order valence-corrected chi connectivity index (χ2v) is 6.03. The Balaban J connectivity index is 1.24. The summed E-state index contributed by atoms with van der Waals surface area (Å²) in [5.41, 5.74) is 0. The van der Waals surface area contributed by atoms with Gasteiger partial charge in [-0.3, -0.25) is 0 Å². The predicted molar refractivity (Wildman–Crippen MR) is 98.3 cm³/mol. The lowest BCUT2D eigenvalue weighted by Gasteiger charge is -2.07. The van der Waals surface area contributed by atoms with Crippen LogP contribution in [0, 0.1) is 0 Å². The van der Waals surface area contributed by atoms with Gasteiger partial charge in [-0.25, -0.2) is 0 Å². The molecule has 0 aliphatic rings. The summed E-state index contributed by atoms with van der Waals surface area (Å²) in [6.45, 7) is 2.64. The fraction of sp³-hybridized carbons (Fsp3) is 0.333. The molecule has 0 spiro atoms. The SMILES string of the molecule is c1coc(CNCCCCCCOc2ccc3ccccc3c2)c1. The van der Waals surface area contributed by atoms with Gasteiger partial charge in [0.05, 0.1) is 19.4 Å². The fourth-order valence-corrected chi connectivity index (χ4v) is 2.78. The summed E-state index contributed by atoms with van der Waals surface area (Å²) in [5.74, 6) is 1.97. The van der Waals surface area contributed by atoms with Gasteiger partial charge in [0.15, 0.2) is 0 Å². The van der Waals surface area contributed by atoms with E-state index < -0.39 is 0 Å². The summed E-state index contributed by atoms with van der Waals surface area (Å²) in [5, 5.41) is 5.89. The van der Waals surface area contributed by atoms with Gasteiger partial charge in [0, 0.05) is 0 Å². The van der Waals surface area contributed by atoms with Gasteiger partial charge in [0.25, 0.3) is 0 Å². The molecule has 3 heteroatoms. The van der Waals surface area contributed by atoms with Gasteiger partial charge in [-0.05, 0) is 54.4 Å². The molecule has 0 atom stereocenters. The van der Waals surface area contributed by atoms with Crippen LogP contribution in [0.3, 0.4) is 0 Å². The number of nitrogens with one attached hydrogen (secondary N) is 1. The Labute approximate surface area is 143 Å². The first-order chi connectivity index (χ1) is 11.9. The molecule has 0 unspecified atom stereocenters. The van der Waals surface area contributed by atoms with E-state index in [1.54, 1.807) is 6.26 Å². The van der Waals surface area contributed by atoms with E-state index in [0.29, 0.717) is 0 Å². The molecular formula is C21H25NO2. The summed E-state index contributed by atoms with van der Waals surface area (Å²) < 4.78 is 11.1. The van der Waals surface area contributed by atoms with Crippen LogP contribution in [0.2, 0.25) is 0 Å². The zero-order valence-corrected chi connectivity index (χ0v) is 14.0. The molecule has 0 fully saturated rings. The Hall–Kier alpha value is -2.26. The number of fused-ring (bicyclic) bond motifs is 1. The summed E-state index contributed by atoms with van der Waals surface area (Å²) in [6.07, 6.45) is 6.44. The molecule has 24 heavy (non-hydrogen) atoms. The van der Waals surface area contributed by atoms with Crippen LogP contribution in [0.5, 0.6) is 5.75 Å². The fourth-order valence-electron chi connectivity index (χ4n) is 2.78. The van der Waals surface area contributed by atoms with E-state index in [0.717, 1.165) is 37.6 Å². The molecule has 0 radical (unpaired) electrons. The molecule has 0 bridgehead atoms. The molecule has 1 heterocycles. The van der Waals surface area contributed by atoms with E-state index in [4.69, 9.17) is 9.15 Å².